The van der Waals surface area contributed by atoms with Crippen molar-refractivity contribution in [2.75, 3.05) is 13.7 Å². The van der Waals surface area contributed by atoms with Gasteiger partial charge in [0.2, 0.25) is 0 Å². The van der Waals surface area contributed by atoms with Gasteiger partial charge in [-0.05, 0) is 58.6 Å². The maximum absolute atomic E-state index is 13.3. The molecule has 0 fully saturated rings. The van der Waals surface area contributed by atoms with Crippen molar-refractivity contribution in [1.29, 1.82) is 0 Å². The molecule has 7 heteroatoms. The second-order valence-electron chi connectivity index (χ2n) is 7.39. The van der Waals surface area contributed by atoms with Crippen LogP contribution in [0.5, 0.6) is 5.75 Å². The number of aromatic nitrogens is 1. The van der Waals surface area contributed by atoms with Gasteiger partial charge in [-0.2, -0.15) is 0 Å². The Kier molecular flexibility index (Phi) is 5.56. The molecule has 1 amide bonds. The summed E-state index contributed by atoms with van der Waals surface area (Å²) in [5.41, 5.74) is 4.15. The van der Waals surface area contributed by atoms with E-state index in [0.29, 0.717) is 12.3 Å². The number of fused-ring (bicyclic) bond motifs is 3. The topological polar surface area (TPSA) is 71.6 Å². The lowest BCUT2D eigenvalue weighted by molar-refractivity contribution is -0.158. The summed E-state index contributed by atoms with van der Waals surface area (Å²) in [5.74, 6) is -0.00131. The summed E-state index contributed by atoms with van der Waals surface area (Å²) in [5, 5.41) is 1.17. The number of esters is 1. The predicted molar refractivity (Wildman–Crippen MR) is 117 cm³/mol. The molecule has 0 saturated carbocycles. The van der Waals surface area contributed by atoms with Crippen LogP contribution in [0.25, 0.3) is 10.9 Å². The highest BCUT2D eigenvalue weighted by molar-refractivity contribution is 9.10. The summed E-state index contributed by atoms with van der Waals surface area (Å²) in [6.45, 7) is 3.46. The van der Waals surface area contributed by atoms with Crippen LogP contribution in [0.1, 0.15) is 36.7 Å². The van der Waals surface area contributed by atoms with Crippen LogP contribution in [0.3, 0.4) is 0 Å². The molecule has 1 aromatic heterocycles. The molecule has 1 N–H and O–H groups in total. The molecule has 1 aliphatic heterocycles. The molecular formula is C23H23BrN2O4. The lowest BCUT2D eigenvalue weighted by atomic mass is 9.92. The van der Waals surface area contributed by atoms with Gasteiger partial charge in [-0.25, -0.2) is 0 Å². The standard InChI is InChI=1S/C23H23BrN2O4/c1-13(30-14(2)27)23(28)26-11-10-17-16-6-4-5-7-19(16)25-21(17)22(26)15-8-9-18(24)20(12-15)29-3/h4-9,12-13,22,25H,10-11H2,1-3H3/t13-,22?/m0/s1. The van der Waals surface area contributed by atoms with Crippen molar-refractivity contribution < 1.29 is 19.1 Å². The first-order valence-corrected chi connectivity index (χ1v) is 10.6. The molecule has 3 aromatic rings. The minimum atomic E-state index is -0.853. The molecule has 1 unspecified atom stereocenters. The third-order valence-electron chi connectivity index (χ3n) is 5.50. The van der Waals surface area contributed by atoms with Crippen LogP contribution in [-0.2, 0) is 20.7 Å². The summed E-state index contributed by atoms with van der Waals surface area (Å²) in [6, 6.07) is 13.7. The number of nitrogens with one attached hydrogen (secondary N) is 1. The van der Waals surface area contributed by atoms with Gasteiger partial charge in [0.05, 0.1) is 17.6 Å². The Morgan fingerprint density at radius 1 is 1.23 bits per heavy atom. The van der Waals surface area contributed by atoms with Crippen LogP contribution in [0.4, 0.5) is 0 Å². The van der Waals surface area contributed by atoms with E-state index in [0.717, 1.165) is 27.7 Å². The molecular weight excluding hydrogens is 448 g/mol. The summed E-state index contributed by atoms with van der Waals surface area (Å²) in [6.07, 6.45) is -0.129. The predicted octanol–water partition coefficient (Wildman–Crippen LogP) is 4.36. The van der Waals surface area contributed by atoms with Crippen LogP contribution in [0, 0.1) is 0 Å². The fourth-order valence-corrected chi connectivity index (χ4v) is 4.61. The summed E-state index contributed by atoms with van der Waals surface area (Å²) >= 11 is 3.50. The van der Waals surface area contributed by atoms with Crippen LogP contribution in [-0.4, -0.2) is 41.5 Å². The van der Waals surface area contributed by atoms with Crippen molar-refractivity contribution in [3.05, 3.63) is 63.8 Å². The molecule has 6 nitrogen and oxygen atoms in total. The molecule has 1 aliphatic rings. The van der Waals surface area contributed by atoms with Crippen molar-refractivity contribution in [2.24, 2.45) is 0 Å². The van der Waals surface area contributed by atoms with Crippen molar-refractivity contribution >= 4 is 38.7 Å². The monoisotopic (exact) mass is 470 g/mol. The second-order valence-corrected chi connectivity index (χ2v) is 8.25. The number of hydrogen-bond acceptors (Lipinski definition) is 4. The Morgan fingerprint density at radius 2 is 2.00 bits per heavy atom. The minimum absolute atomic E-state index is 0.221. The molecule has 30 heavy (non-hydrogen) atoms. The van der Waals surface area contributed by atoms with Gasteiger partial charge in [0.15, 0.2) is 6.10 Å². The van der Waals surface area contributed by atoms with Gasteiger partial charge in [0.1, 0.15) is 5.75 Å². The summed E-state index contributed by atoms with van der Waals surface area (Å²) < 4.78 is 11.5. The zero-order valence-electron chi connectivity index (χ0n) is 17.1. The molecule has 0 radical (unpaired) electrons. The van der Waals surface area contributed by atoms with E-state index in [1.807, 2.05) is 36.4 Å². The number of aromatic amines is 1. The fourth-order valence-electron chi connectivity index (χ4n) is 4.20. The number of carbonyl (C=O) groups is 2. The number of methoxy groups -OCH3 is 1. The number of nitrogens with zero attached hydrogens (tertiary/aromatic N) is 1. The number of amides is 1. The molecule has 2 heterocycles. The van der Waals surface area contributed by atoms with E-state index in [-0.39, 0.29) is 11.9 Å². The van der Waals surface area contributed by atoms with Crippen molar-refractivity contribution in [1.82, 2.24) is 9.88 Å². The van der Waals surface area contributed by atoms with Crippen molar-refractivity contribution in [3.63, 3.8) is 0 Å². The van der Waals surface area contributed by atoms with E-state index in [2.05, 4.69) is 27.0 Å². The van der Waals surface area contributed by atoms with Crippen molar-refractivity contribution in [3.8, 4) is 5.75 Å². The summed E-state index contributed by atoms with van der Waals surface area (Å²) in [7, 11) is 1.62. The van der Waals surface area contributed by atoms with E-state index >= 15 is 0 Å². The molecule has 4 rings (SSSR count). The average Bonchev–Trinajstić information content (AvgIpc) is 3.11. The van der Waals surface area contributed by atoms with Gasteiger partial charge in [0, 0.05) is 30.1 Å². The van der Waals surface area contributed by atoms with Crippen LogP contribution in [0.15, 0.2) is 46.9 Å². The SMILES string of the molecule is COc1cc(C2c3[nH]c4ccccc4c3CCN2C(=O)[C@H](C)OC(C)=O)ccc1Br. The van der Waals surface area contributed by atoms with E-state index < -0.39 is 12.1 Å². The Balaban J connectivity index is 1.85. The molecule has 2 aromatic carbocycles. The maximum Gasteiger partial charge on any atom is 0.303 e. The Morgan fingerprint density at radius 3 is 2.73 bits per heavy atom. The zero-order chi connectivity index (χ0) is 21.4. The smallest absolute Gasteiger partial charge is 0.303 e. The van der Waals surface area contributed by atoms with Gasteiger partial charge in [-0.15, -0.1) is 0 Å². The first kappa shape index (κ1) is 20.5. The number of halogens is 1. The summed E-state index contributed by atoms with van der Waals surface area (Å²) in [4.78, 5) is 30.0. The minimum Gasteiger partial charge on any atom is -0.496 e. The van der Waals surface area contributed by atoms with Gasteiger partial charge >= 0.3 is 5.97 Å². The van der Waals surface area contributed by atoms with Gasteiger partial charge in [-0.3, -0.25) is 9.59 Å². The Hall–Kier alpha value is -2.80. The molecule has 2 atom stereocenters. The highest BCUT2D eigenvalue weighted by atomic mass is 79.9. The number of para-hydroxylation sites is 1. The van der Waals surface area contributed by atoms with Crippen LogP contribution >= 0.6 is 15.9 Å². The lowest BCUT2D eigenvalue weighted by Crippen LogP contribution is -2.45. The number of carbonyl (C=O) groups excluding carboxylic acids is 2. The third-order valence-corrected chi connectivity index (χ3v) is 6.15. The van der Waals surface area contributed by atoms with E-state index in [1.165, 1.54) is 17.9 Å². The van der Waals surface area contributed by atoms with Crippen LogP contribution in [0.2, 0.25) is 0 Å². The van der Waals surface area contributed by atoms with Gasteiger partial charge < -0.3 is 19.4 Å². The first-order chi connectivity index (χ1) is 14.4. The molecule has 0 saturated heterocycles. The number of rotatable bonds is 4. The Labute approximate surface area is 183 Å². The van der Waals surface area contributed by atoms with Gasteiger partial charge in [-0.1, -0.05) is 24.3 Å². The third kappa shape index (κ3) is 3.58. The molecule has 156 valence electrons. The Bertz CT molecular complexity index is 1120. The normalized spacial score (nSPS) is 16.8. The molecule has 0 spiro atoms. The fraction of sp³-hybridized carbons (Fsp3) is 0.304. The average molecular weight is 471 g/mol. The van der Waals surface area contributed by atoms with Crippen LogP contribution < -0.4 is 4.74 Å². The van der Waals surface area contributed by atoms with E-state index in [1.54, 1.807) is 18.9 Å². The quantitative estimate of drug-likeness (QED) is 0.574. The molecule has 0 aliphatic carbocycles. The zero-order valence-corrected chi connectivity index (χ0v) is 18.7. The van der Waals surface area contributed by atoms with Crippen molar-refractivity contribution in [2.45, 2.75) is 32.4 Å². The highest BCUT2D eigenvalue weighted by Crippen LogP contribution is 2.40. The molecule has 0 bridgehead atoms. The largest absolute Gasteiger partial charge is 0.496 e. The highest BCUT2D eigenvalue weighted by Gasteiger charge is 2.37. The number of benzene rings is 2. The number of ether oxygens (including phenoxy) is 2. The number of hydrogen-bond donors (Lipinski definition) is 1. The number of H-pyrrole nitrogens is 1. The van der Waals surface area contributed by atoms with Gasteiger partial charge in [0.25, 0.3) is 5.91 Å². The van der Waals surface area contributed by atoms with E-state index in [9.17, 15) is 9.59 Å². The lowest BCUT2D eigenvalue weighted by Gasteiger charge is -2.37. The van der Waals surface area contributed by atoms with E-state index in [4.69, 9.17) is 9.47 Å². The second kappa shape index (κ2) is 8.14. The first-order valence-electron chi connectivity index (χ1n) is 9.81. The maximum atomic E-state index is 13.3.